The van der Waals surface area contributed by atoms with Gasteiger partial charge in [0.1, 0.15) is 11.6 Å². The maximum atomic E-state index is 13.2. The van der Waals surface area contributed by atoms with Gasteiger partial charge in [-0.25, -0.2) is 4.39 Å². The average Bonchev–Trinajstić information content (AvgIpc) is 3.11. The second-order valence-corrected chi connectivity index (χ2v) is 6.46. The van der Waals surface area contributed by atoms with E-state index < -0.39 is 0 Å². The molecule has 0 saturated carbocycles. The Kier molecular flexibility index (Phi) is 10.4. The number of benzene rings is 1. The van der Waals surface area contributed by atoms with Crippen LogP contribution in [0.15, 0.2) is 46.0 Å². The highest BCUT2D eigenvalue weighted by atomic mass is 127. The molecule has 2 aromatic rings. The molecule has 5 nitrogen and oxygen atoms in total. The summed E-state index contributed by atoms with van der Waals surface area (Å²) in [5.74, 6) is 1.48. The maximum absolute atomic E-state index is 13.2. The molecule has 7 heteroatoms. The Balaban J connectivity index is 0.00000364. The van der Waals surface area contributed by atoms with Crippen LogP contribution in [-0.4, -0.2) is 44.6 Å². The van der Waals surface area contributed by atoms with Crippen molar-refractivity contribution in [1.82, 2.24) is 15.5 Å². The summed E-state index contributed by atoms with van der Waals surface area (Å²) in [7, 11) is 4.03. The minimum Gasteiger partial charge on any atom is -0.468 e. The molecule has 1 aromatic carbocycles. The molecule has 0 aliphatic heterocycles. The van der Waals surface area contributed by atoms with E-state index in [1.165, 1.54) is 6.07 Å². The Bertz CT molecular complexity index is 704. The Morgan fingerprint density at radius 2 is 2.04 bits per heavy atom. The summed E-state index contributed by atoms with van der Waals surface area (Å²) in [6.45, 7) is 6.08. The van der Waals surface area contributed by atoms with Crippen LogP contribution < -0.4 is 10.6 Å². The zero-order valence-corrected chi connectivity index (χ0v) is 18.8. The number of guanidine groups is 1. The zero-order chi connectivity index (χ0) is 18.9. The number of hydrogen-bond acceptors (Lipinski definition) is 3. The smallest absolute Gasteiger partial charge is 0.191 e. The van der Waals surface area contributed by atoms with Crippen LogP contribution >= 0.6 is 24.0 Å². The van der Waals surface area contributed by atoms with E-state index in [4.69, 9.17) is 9.41 Å². The number of nitrogens with one attached hydrogen (secondary N) is 2. The first-order valence-electron chi connectivity index (χ1n) is 8.98. The molecule has 0 aliphatic carbocycles. The fourth-order valence-electron chi connectivity index (χ4n) is 2.76. The SMILES string of the molecule is CCNC(=NCC(c1ccco1)N(C)C)NCCc1ccc(F)cc1C.I. The molecule has 0 aliphatic rings. The fourth-order valence-corrected chi connectivity index (χ4v) is 2.76. The predicted octanol–water partition coefficient (Wildman–Crippen LogP) is 3.75. The van der Waals surface area contributed by atoms with Crippen LogP contribution in [0.1, 0.15) is 29.9 Å². The Morgan fingerprint density at radius 1 is 1.26 bits per heavy atom. The van der Waals surface area contributed by atoms with E-state index in [1.807, 2.05) is 46.1 Å². The van der Waals surface area contributed by atoms with Gasteiger partial charge in [-0.15, -0.1) is 24.0 Å². The lowest BCUT2D eigenvalue weighted by molar-refractivity contribution is 0.265. The first kappa shape index (κ1) is 23.4. The molecule has 27 heavy (non-hydrogen) atoms. The molecule has 1 aromatic heterocycles. The van der Waals surface area contributed by atoms with E-state index in [9.17, 15) is 4.39 Å². The zero-order valence-electron chi connectivity index (χ0n) is 16.5. The van der Waals surface area contributed by atoms with Crippen molar-refractivity contribution in [3.63, 3.8) is 0 Å². The third-order valence-electron chi connectivity index (χ3n) is 4.25. The summed E-state index contributed by atoms with van der Waals surface area (Å²) in [5.41, 5.74) is 2.11. The van der Waals surface area contributed by atoms with Gasteiger partial charge in [0.15, 0.2) is 5.96 Å². The molecule has 0 fully saturated rings. The van der Waals surface area contributed by atoms with Crippen molar-refractivity contribution in [1.29, 1.82) is 0 Å². The number of aryl methyl sites for hydroxylation is 1. The second kappa shape index (κ2) is 12.0. The van der Waals surface area contributed by atoms with Gasteiger partial charge in [-0.05, 0) is 69.8 Å². The summed E-state index contributed by atoms with van der Waals surface area (Å²) in [5, 5.41) is 6.61. The van der Waals surface area contributed by atoms with Gasteiger partial charge in [-0.1, -0.05) is 6.07 Å². The number of halogens is 2. The Hall–Kier alpha value is -1.61. The minimum absolute atomic E-state index is 0. The first-order valence-corrected chi connectivity index (χ1v) is 8.98. The highest BCUT2D eigenvalue weighted by molar-refractivity contribution is 14.0. The van der Waals surface area contributed by atoms with Crippen molar-refractivity contribution >= 4 is 29.9 Å². The predicted molar refractivity (Wildman–Crippen MR) is 119 cm³/mol. The van der Waals surface area contributed by atoms with Crippen molar-refractivity contribution in [2.45, 2.75) is 26.3 Å². The number of aliphatic imine (C=N–C) groups is 1. The second-order valence-electron chi connectivity index (χ2n) is 6.46. The van der Waals surface area contributed by atoms with Crippen LogP contribution in [0.25, 0.3) is 0 Å². The van der Waals surface area contributed by atoms with Crippen molar-refractivity contribution in [2.75, 3.05) is 33.7 Å². The number of hydrogen-bond donors (Lipinski definition) is 2. The van der Waals surface area contributed by atoms with E-state index in [1.54, 1.807) is 12.3 Å². The molecule has 0 radical (unpaired) electrons. The molecule has 0 saturated heterocycles. The fraction of sp³-hybridized carbons (Fsp3) is 0.450. The molecular formula is C20H30FIN4O. The number of rotatable bonds is 8. The van der Waals surface area contributed by atoms with Gasteiger partial charge in [0, 0.05) is 13.1 Å². The Morgan fingerprint density at radius 3 is 2.63 bits per heavy atom. The monoisotopic (exact) mass is 488 g/mol. The van der Waals surface area contributed by atoms with Gasteiger partial charge in [0.2, 0.25) is 0 Å². The summed E-state index contributed by atoms with van der Waals surface area (Å²) in [6.07, 6.45) is 2.50. The van der Waals surface area contributed by atoms with Gasteiger partial charge in [0.05, 0.1) is 18.8 Å². The topological polar surface area (TPSA) is 52.8 Å². The number of furan rings is 1. The first-order chi connectivity index (χ1) is 12.5. The van der Waals surface area contributed by atoms with Crippen LogP contribution in [0.3, 0.4) is 0 Å². The molecule has 2 rings (SSSR count). The summed E-state index contributed by atoms with van der Waals surface area (Å²) in [4.78, 5) is 6.78. The molecule has 2 N–H and O–H groups in total. The van der Waals surface area contributed by atoms with Gasteiger partial charge in [-0.3, -0.25) is 9.89 Å². The molecule has 1 atom stereocenters. The molecule has 1 unspecified atom stereocenters. The van der Waals surface area contributed by atoms with Crippen LogP contribution in [0.2, 0.25) is 0 Å². The summed E-state index contributed by atoms with van der Waals surface area (Å²) < 4.78 is 18.7. The lowest BCUT2D eigenvalue weighted by Gasteiger charge is -2.21. The molecular weight excluding hydrogens is 458 g/mol. The van der Waals surface area contributed by atoms with Crippen molar-refractivity contribution in [2.24, 2.45) is 4.99 Å². The summed E-state index contributed by atoms with van der Waals surface area (Å²) in [6, 6.07) is 8.86. The largest absolute Gasteiger partial charge is 0.468 e. The van der Waals surface area contributed by atoms with Crippen LogP contribution in [0, 0.1) is 12.7 Å². The molecule has 0 bridgehead atoms. The molecule has 150 valence electrons. The molecule has 0 amide bonds. The number of nitrogens with zero attached hydrogens (tertiary/aromatic N) is 2. The van der Waals surface area contributed by atoms with E-state index in [2.05, 4.69) is 15.5 Å². The Labute approximate surface area is 178 Å². The molecule has 1 heterocycles. The van der Waals surface area contributed by atoms with Crippen molar-refractivity contribution in [3.05, 3.63) is 59.3 Å². The van der Waals surface area contributed by atoms with E-state index in [0.717, 1.165) is 42.4 Å². The third kappa shape index (κ3) is 7.50. The molecule has 0 spiro atoms. The van der Waals surface area contributed by atoms with Crippen LogP contribution in [0.4, 0.5) is 4.39 Å². The highest BCUT2D eigenvalue weighted by Gasteiger charge is 2.16. The minimum atomic E-state index is -0.193. The average molecular weight is 488 g/mol. The lowest BCUT2D eigenvalue weighted by atomic mass is 10.1. The highest BCUT2D eigenvalue weighted by Crippen LogP contribution is 2.18. The van der Waals surface area contributed by atoms with Gasteiger partial charge < -0.3 is 15.1 Å². The standard InChI is InChI=1S/C20H29FN4O.HI/c1-5-22-20(23-11-10-16-8-9-17(21)13-15(16)2)24-14-18(25(3)4)19-7-6-12-26-19;/h6-9,12-13,18H,5,10-11,14H2,1-4H3,(H2,22,23,24);1H. The number of likely N-dealkylation sites (N-methyl/N-ethyl adjacent to an activating group) is 1. The summed E-state index contributed by atoms with van der Waals surface area (Å²) >= 11 is 0. The van der Waals surface area contributed by atoms with Crippen molar-refractivity contribution < 1.29 is 8.81 Å². The van der Waals surface area contributed by atoms with E-state index in [-0.39, 0.29) is 35.8 Å². The van der Waals surface area contributed by atoms with Gasteiger partial charge >= 0.3 is 0 Å². The lowest BCUT2D eigenvalue weighted by Crippen LogP contribution is -2.39. The van der Waals surface area contributed by atoms with Crippen molar-refractivity contribution in [3.8, 4) is 0 Å². The van der Waals surface area contributed by atoms with E-state index >= 15 is 0 Å². The van der Waals surface area contributed by atoms with Crippen LogP contribution in [-0.2, 0) is 6.42 Å². The van der Waals surface area contributed by atoms with Crippen LogP contribution in [0.5, 0.6) is 0 Å². The van der Waals surface area contributed by atoms with Gasteiger partial charge in [-0.2, -0.15) is 0 Å². The quantitative estimate of drug-likeness (QED) is 0.338. The maximum Gasteiger partial charge on any atom is 0.191 e. The van der Waals surface area contributed by atoms with E-state index in [0.29, 0.717) is 6.54 Å². The normalized spacial score (nSPS) is 12.6. The third-order valence-corrected chi connectivity index (χ3v) is 4.25. The van der Waals surface area contributed by atoms with Gasteiger partial charge in [0.25, 0.3) is 0 Å².